The molecule has 13 heavy (non-hydrogen) atoms. The van der Waals surface area contributed by atoms with Gasteiger partial charge in [-0.05, 0) is 11.1 Å². The number of rotatable bonds is 0. The van der Waals surface area contributed by atoms with Crippen LogP contribution in [0.5, 0.6) is 0 Å². The molecule has 0 spiro atoms. The molecule has 0 aliphatic heterocycles. The van der Waals surface area contributed by atoms with E-state index < -0.39 is 0 Å². The highest BCUT2D eigenvalue weighted by Crippen LogP contribution is 2.50. The molecule has 0 saturated carbocycles. The van der Waals surface area contributed by atoms with Crippen LogP contribution in [0.15, 0.2) is 36.4 Å². The van der Waals surface area contributed by atoms with E-state index in [0.717, 1.165) is 5.71 Å². The summed E-state index contributed by atoms with van der Waals surface area (Å²) in [7, 11) is 0. The smallest absolute Gasteiger partial charge is 0.300 e. The van der Waals surface area contributed by atoms with Crippen molar-refractivity contribution in [3.8, 4) is 0 Å². The minimum atomic E-state index is 0.321. The fourth-order valence-corrected chi connectivity index (χ4v) is 2.33. The van der Waals surface area contributed by atoms with Gasteiger partial charge in [0.1, 0.15) is 0 Å². The average molecular weight is 168 g/mol. The predicted molar refractivity (Wildman–Crippen MR) is 49.7 cm³/mol. The Morgan fingerprint density at radius 3 is 2.69 bits per heavy atom. The Morgan fingerprint density at radius 2 is 1.92 bits per heavy atom. The third-order valence-electron chi connectivity index (χ3n) is 2.96. The van der Waals surface area contributed by atoms with E-state index in [1.165, 1.54) is 11.1 Å². The summed E-state index contributed by atoms with van der Waals surface area (Å²) >= 11 is 0. The molecular weight excluding hydrogens is 160 g/mol. The third kappa shape index (κ3) is 0.688. The Labute approximate surface area is 76.1 Å². The quantitative estimate of drug-likeness (QED) is 0.420. The molecule has 0 fully saturated rings. The lowest BCUT2D eigenvalue weighted by Gasteiger charge is -2.30. The number of hydrogen-bond acceptors (Lipinski definition) is 0. The summed E-state index contributed by atoms with van der Waals surface area (Å²) in [5.74, 6) is 0.781. The van der Waals surface area contributed by atoms with Gasteiger partial charge in [0.05, 0.1) is 5.92 Å². The maximum absolute atomic E-state index is 8.75. The van der Waals surface area contributed by atoms with Crippen molar-refractivity contribution in [1.29, 1.82) is 0 Å². The summed E-state index contributed by atoms with van der Waals surface area (Å²) in [6.45, 7) is 0. The van der Waals surface area contributed by atoms with Crippen molar-refractivity contribution in [3.05, 3.63) is 53.1 Å². The van der Waals surface area contributed by atoms with Crippen molar-refractivity contribution in [2.45, 2.75) is 11.8 Å². The molecule has 1 aromatic rings. The average Bonchev–Trinajstić information content (AvgIpc) is 2.52. The number of allylic oxidation sites excluding steroid dienone is 2. The van der Waals surface area contributed by atoms with Crippen molar-refractivity contribution in [1.82, 2.24) is 0 Å². The molecule has 0 amide bonds. The summed E-state index contributed by atoms with van der Waals surface area (Å²) in [5.41, 5.74) is 12.2. The van der Waals surface area contributed by atoms with Crippen LogP contribution >= 0.6 is 0 Å². The van der Waals surface area contributed by atoms with Crippen molar-refractivity contribution in [2.24, 2.45) is 0 Å². The standard InChI is InChI=1S/C11H8N2/c12-13-10-6-5-9-7-3-1-2-4-8(7)11(9)10/h1-6,9,11H/t9-,11+/m1/s1. The molecule has 0 saturated heterocycles. The van der Waals surface area contributed by atoms with Gasteiger partial charge in [0.15, 0.2) is 0 Å². The molecule has 2 aliphatic rings. The van der Waals surface area contributed by atoms with E-state index in [1.807, 2.05) is 12.1 Å². The van der Waals surface area contributed by atoms with E-state index in [9.17, 15) is 0 Å². The molecule has 0 bridgehead atoms. The molecule has 0 unspecified atom stereocenters. The van der Waals surface area contributed by atoms with E-state index in [1.54, 1.807) is 0 Å². The van der Waals surface area contributed by atoms with Crippen LogP contribution in [-0.2, 0) is 0 Å². The number of fused-ring (bicyclic) bond motifs is 4. The Balaban J connectivity index is 2.19. The number of benzene rings is 1. The van der Waals surface area contributed by atoms with Crippen molar-refractivity contribution < 1.29 is 4.79 Å². The predicted octanol–water partition coefficient (Wildman–Crippen LogP) is 2.11. The van der Waals surface area contributed by atoms with Gasteiger partial charge in [-0.25, -0.2) is 0 Å². The Kier molecular flexibility index (Phi) is 1.14. The van der Waals surface area contributed by atoms with Crippen molar-refractivity contribution >= 4 is 5.71 Å². The second-order valence-corrected chi connectivity index (χ2v) is 3.52. The van der Waals surface area contributed by atoms with Gasteiger partial charge in [-0.15, -0.1) is 0 Å². The van der Waals surface area contributed by atoms with Crippen LogP contribution in [0.1, 0.15) is 23.0 Å². The van der Waals surface area contributed by atoms with Crippen LogP contribution in [0.2, 0.25) is 0 Å². The topological polar surface area (TPSA) is 36.4 Å². The minimum absolute atomic E-state index is 0.321. The fourth-order valence-electron chi connectivity index (χ4n) is 2.33. The van der Waals surface area contributed by atoms with Gasteiger partial charge < -0.3 is 5.53 Å². The van der Waals surface area contributed by atoms with Gasteiger partial charge in [0.2, 0.25) is 0 Å². The third-order valence-corrected chi connectivity index (χ3v) is 2.96. The maximum atomic E-state index is 8.75. The monoisotopic (exact) mass is 168 g/mol. The summed E-state index contributed by atoms with van der Waals surface area (Å²) < 4.78 is 0. The van der Waals surface area contributed by atoms with Gasteiger partial charge >= 0.3 is 0 Å². The highest BCUT2D eigenvalue weighted by Gasteiger charge is 2.45. The van der Waals surface area contributed by atoms with E-state index in [4.69, 9.17) is 5.53 Å². The second-order valence-electron chi connectivity index (χ2n) is 3.52. The molecule has 0 heterocycles. The van der Waals surface area contributed by atoms with E-state index in [2.05, 4.69) is 29.1 Å². The lowest BCUT2D eigenvalue weighted by atomic mass is 9.69. The number of nitrogens with zero attached hydrogens (tertiary/aromatic N) is 2. The van der Waals surface area contributed by atoms with E-state index in [0.29, 0.717) is 11.8 Å². The number of hydrogen-bond donors (Lipinski definition) is 0. The second kappa shape index (κ2) is 2.18. The molecule has 0 N–H and O–H groups in total. The van der Waals surface area contributed by atoms with Crippen LogP contribution in [0, 0.1) is 0 Å². The fraction of sp³-hybridized carbons (Fsp3) is 0.182. The molecule has 2 heteroatoms. The Morgan fingerprint density at radius 1 is 1.15 bits per heavy atom. The van der Waals surface area contributed by atoms with Crippen LogP contribution in [0.25, 0.3) is 5.53 Å². The summed E-state index contributed by atoms with van der Waals surface area (Å²) in [6, 6.07) is 8.33. The van der Waals surface area contributed by atoms with Gasteiger partial charge in [-0.2, -0.15) is 4.79 Å². The Hall–Kier alpha value is -1.66. The van der Waals surface area contributed by atoms with Gasteiger partial charge in [0, 0.05) is 12.0 Å². The summed E-state index contributed by atoms with van der Waals surface area (Å²) in [6.07, 6.45) is 4.03. The van der Waals surface area contributed by atoms with Crippen LogP contribution in [0.3, 0.4) is 0 Å². The molecule has 0 aromatic heterocycles. The Bertz CT molecular complexity index is 453. The van der Waals surface area contributed by atoms with E-state index >= 15 is 0 Å². The largest absolute Gasteiger partial charge is 0.361 e. The van der Waals surface area contributed by atoms with Crippen LogP contribution in [-0.4, -0.2) is 10.5 Å². The molecule has 2 nitrogen and oxygen atoms in total. The first kappa shape index (κ1) is 6.81. The maximum Gasteiger partial charge on any atom is 0.300 e. The lowest BCUT2D eigenvalue weighted by molar-refractivity contribution is -0.00807. The van der Waals surface area contributed by atoms with Gasteiger partial charge in [-0.3, -0.25) is 0 Å². The minimum Gasteiger partial charge on any atom is -0.361 e. The first-order valence-electron chi connectivity index (χ1n) is 4.41. The van der Waals surface area contributed by atoms with Crippen LogP contribution < -0.4 is 0 Å². The van der Waals surface area contributed by atoms with Crippen molar-refractivity contribution in [2.75, 3.05) is 0 Å². The first-order chi connectivity index (χ1) is 6.42. The van der Waals surface area contributed by atoms with E-state index in [-0.39, 0.29) is 0 Å². The van der Waals surface area contributed by atoms with Crippen molar-refractivity contribution in [3.63, 3.8) is 0 Å². The molecule has 3 rings (SSSR count). The lowest BCUT2D eigenvalue weighted by Crippen LogP contribution is -2.24. The van der Waals surface area contributed by atoms with Gasteiger partial charge in [-0.1, -0.05) is 30.3 Å². The SMILES string of the molecule is [N-]=[N+]=C1C=C[C@@H]2c3ccccc3[C@H]12. The van der Waals surface area contributed by atoms with Crippen LogP contribution in [0.4, 0.5) is 0 Å². The molecule has 2 aliphatic carbocycles. The molecular formula is C11H8N2. The molecule has 62 valence electrons. The zero-order chi connectivity index (χ0) is 8.84. The molecule has 1 aromatic carbocycles. The molecule has 2 atom stereocenters. The molecule has 0 radical (unpaired) electrons. The normalized spacial score (nSPS) is 27.5. The zero-order valence-corrected chi connectivity index (χ0v) is 7.01. The highest BCUT2D eigenvalue weighted by molar-refractivity contribution is 6.02. The summed E-state index contributed by atoms with van der Waals surface area (Å²) in [5, 5.41) is 0. The first-order valence-corrected chi connectivity index (χ1v) is 4.41. The zero-order valence-electron chi connectivity index (χ0n) is 7.01. The highest BCUT2D eigenvalue weighted by atomic mass is 14.9. The van der Waals surface area contributed by atoms with Gasteiger partial charge in [0.25, 0.3) is 5.71 Å². The summed E-state index contributed by atoms with van der Waals surface area (Å²) in [4.78, 5) is 3.30.